The van der Waals surface area contributed by atoms with E-state index in [-0.39, 0.29) is 6.04 Å². The molecule has 1 unspecified atom stereocenters. The van der Waals surface area contributed by atoms with E-state index in [1.165, 1.54) is 5.52 Å². The van der Waals surface area contributed by atoms with Crippen molar-refractivity contribution in [1.82, 2.24) is 9.55 Å². The molecule has 0 saturated carbocycles. The number of nitrogens with two attached hydrogens (primary N) is 1. The Labute approximate surface area is 119 Å². The Kier molecular flexibility index (Phi) is 5.28. The first-order chi connectivity index (χ1) is 9.26. The Morgan fingerprint density at radius 3 is 2.89 bits per heavy atom. The minimum Gasteiger partial charge on any atom is -0.328 e. The van der Waals surface area contributed by atoms with E-state index in [2.05, 4.69) is 35.9 Å². The van der Waals surface area contributed by atoms with Gasteiger partial charge in [0, 0.05) is 19.0 Å². The van der Waals surface area contributed by atoms with Crippen LogP contribution in [0.5, 0.6) is 0 Å². The molecule has 2 N–H and O–H groups in total. The first-order valence-electron chi connectivity index (χ1n) is 6.95. The predicted octanol–water partition coefficient (Wildman–Crippen LogP) is 3.07. The molecule has 1 heterocycles. The number of para-hydroxylation sites is 2. The van der Waals surface area contributed by atoms with E-state index in [9.17, 15) is 0 Å². The third-order valence-electron chi connectivity index (χ3n) is 3.32. The van der Waals surface area contributed by atoms with Crippen LogP contribution in [0.25, 0.3) is 11.0 Å². The molecule has 0 bridgehead atoms. The molecule has 0 amide bonds. The summed E-state index contributed by atoms with van der Waals surface area (Å²) in [6, 6.07) is 8.56. The van der Waals surface area contributed by atoms with Gasteiger partial charge in [-0.05, 0) is 37.0 Å². The van der Waals surface area contributed by atoms with Gasteiger partial charge in [-0.2, -0.15) is 11.8 Å². The highest BCUT2D eigenvalue weighted by Gasteiger charge is 2.13. The maximum Gasteiger partial charge on any atom is 0.111 e. The third kappa shape index (κ3) is 3.51. The number of nitrogens with zero attached hydrogens (tertiary/aromatic N) is 2. The number of fused-ring (bicyclic) bond motifs is 1. The van der Waals surface area contributed by atoms with E-state index in [1.54, 1.807) is 0 Å². The van der Waals surface area contributed by atoms with Crippen molar-refractivity contribution in [2.24, 2.45) is 5.73 Å². The van der Waals surface area contributed by atoms with Crippen LogP contribution in [0.1, 0.15) is 25.6 Å². The summed E-state index contributed by atoms with van der Waals surface area (Å²) in [7, 11) is 0. The number of aryl methyl sites for hydroxylation is 1. The van der Waals surface area contributed by atoms with Crippen molar-refractivity contribution in [3.05, 3.63) is 30.1 Å². The largest absolute Gasteiger partial charge is 0.328 e. The van der Waals surface area contributed by atoms with Gasteiger partial charge in [0.1, 0.15) is 5.82 Å². The lowest BCUT2D eigenvalue weighted by molar-refractivity contribution is 0.584. The van der Waals surface area contributed by atoms with Crippen molar-refractivity contribution in [1.29, 1.82) is 0 Å². The number of aromatic nitrogens is 2. The number of thioether (sulfide) groups is 1. The van der Waals surface area contributed by atoms with Gasteiger partial charge in [0.05, 0.1) is 11.0 Å². The number of hydrogen-bond acceptors (Lipinski definition) is 3. The summed E-state index contributed by atoms with van der Waals surface area (Å²) in [6.45, 7) is 3.22. The van der Waals surface area contributed by atoms with Crippen molar-refractivity contribution in [2.75, 3.05) is 12.0 Å². The van der Waals surface area contributed by atoms with Crippen LogP contribution in [0.4, 0.5) is 0 Å². The molecule has 2 rings (SSSR count). The molecule has 0 fully saturated rings. The molecule has 1 aromatic carbocycles. The average Bonchev–Trinajstić information content (AvgIpc) is 2.75. The minimum atomic E-state index is 0.208. The second-order valence-corrected chi connectivity index (χ2v) is 5.90. The summed E-state index contributed by atoms with van der Waals surface area (Å²) in [5.41, 5.74) is 8.53. The molecule has 19 heavy (non-hydrogen) atoms. The molecule has 0 spiro atoms. The average molecular weight is 277 g/mol. The first-order valence-corrected chi connectivity index (χ1v) is 8.34. The van der Waals surface area contributed by atoms with Crippen molar-refractivity contribution < 1.29 is 0 Å². The quantitative estimate of drug-likeness (QED) is 0.846. The van der Waals surface area contributed by atoms with Gasteiger partial charge in [0.2, 0.25) is 0 Å². The van der Waals surface area contributed by atoms with Gasteiger partial charge in [0.15, 0.2) is 0 Å². The zero-order valence-electron chi connectivity index (χ0n) is 11.8. The Balaban J connectivity index is 2.23. The zero-order chi connectivity index (χ0) is 13.7. The maximum atomic E-state index is 6.21. The lowest BCUT2D eigenvalue weighted by atomic mass is 10.1. The van der Waals surface area contributed by atoms with E-state index in [4.69, 9.17) is 10.7 Å². The van der Waals surface area contributed by atoms with Crippen LogP contribution >= 0.6 is 11.8 Å². The van der Waals surface area contributed by atoms with Gasteiger partial charge in [-0.1, -0.05) is 19.1 Å². The van der Waals surface area contributed by atoms with Gasteiger partial charge in [0.25, 0.3) is 0 Å². The fourth-order valence-corrected chi connectivity index (χ4v) is 2.90. The molecule has 4 heteroatoms. The number of rotatable bonds is 7. The van der Waals surface area contributed by atoms with Gasteiger partial charge in [-0.3, -0.25) is 0 Å². The van der Waals surface area contributed by atoms with Crippen molar-refractivity contribution in [2.45, 2.75) is 38.8 Å². The van der Waals surface area contributed by atoms with E-state index >= 15 is 0 Å². The Morgan fingerprint density at radius 2 is 2.16 bits per heavy atom. The Hall–Kier alpha value is -1.00. The molecule has 0 aliphatic heterocycles. The van der Waals surface area contributed by atoms with E-state index in [1.807, 2.05) is 17.8 Å². The second-order valence-electron chi connectivity index (χ2n) is 4.91. The summed E-state index contributed by atoms with van der Waals surface area (Å²) in [5, 5.41) is 0. The summed E-state index contributed by atoms with van der Waals surface area (Å²) in [6.07, 6.45) is 5.16. The van der Waals surface area contributed by atoms with Gasteiger partial charge in [-0.25, -0.2) is 4.98 Å². The normalized spacial score (nSPS) is 13.0. The van der Waals surface area contributed by atoms with E-state index in [0.717, 1.165) is 42.9 Å². The van der Waals surface area contributed by atoms with Crippen molar-refractivity contribution in [3.63, 3.8) is 0 Å². The standard InChI is InChI=1S/C15H23N3S/c1-3-9-18-14-7-5-4-6-13(14)17-15(18)11-12(16)8-10-19-2/h4-7,12H,3,8-11,16H2,1-2H3. The van der Waals surface area contributed by atoms with Crippen molar-refractivity contribution >= 4 is 22.8 Å². The van der Waals surface area contributed by atoms with Crippen LogP contribution in [0.2, 0.25) is 0 Å². The smallest absolute Gasteiger partial charge is 0.111 e. The summed E-state index contributed by atoms with van der Waals surface area (Å²) in [5.74, 6) is 2.26. The fraction of sp³-hybridized carbons (Fsp3) is 0.533. The SMILES string of the molecule is CCCn1c(CC(N)CCSC)nc2ccccc21. The summed E-state index contributed by atoms with van der Waals surface area (Å²) < 4.78 is 2.33. The number of benzene rings is 1. The molecule has 2 aromatic rings. The highest BCUT2D eigenvalue weighted by molar-refractivity contribution is 7.98. The molecule has 1 atom stereocenters. The minimum absolute atomic E-state index is 0.208. The van der Waals surface area contributed by atoms with Crippen LogP contribution in [0, 0.1) is 0 Å². The van der Waals surface area contributed by atoms with Gasteiger partial charge >= 0.3 is 0 Å². The topological polar surface area (TPSA) is 43.8 Å². The van der Waals surface area contributed by atoms with Crippen LogP contribution in [-0.4, -0.2) is 27.6 Å². The second kappa shape index (κ2) is 6.96. The molecule has 0 aliphatic carbocycles. The van der Waals surface area contributed by atoms with Crippen molar-refractivity contribution in [3.8, 4) is 0 Å². The van der Waals surface area contributed by atoms with Gasteiger partial charge in [-0.15, -0.1) is 0 Å². The lowest BCUT2D eigenvalue weighted by Gasteiger charge is -2.12. The third-order valence-corrected chi connectivity index (χ3v) is 3.96. The highest BCUT2D eigenvalue weighted by atomic mass is 32.2. The zero-order valence-corrected chi connectivity index (χ0v) is 12.6. The number of imidazole rings is 1. The Bertz CT molecular complexity index is 521. The highest BCUT2D eigenvalue weighted by Crippen LogP contribution is 2.18. The van der Waals surface area contributed by atoms with Crippen LogP contribution in [0.3, 0.4) is 0 Å². The number of hydrogen-bond donors (Lipinski definition) is 1. The first kappa shape index (κ1) is 14.4. The maximum absolute atomic E-state index is 6.21. The molecule has 1 aromatic heterocycles. The molecule has 3 nitrogen and oxygen atoms in total. The van der Waals surface area contributed by atoms with E-state index < -0.39 is 0 Å². The lowest BCUT2D eigenvalue weighted by Crippen LogP contribution is -2.25. The van der Waals surface area contributed by atoms with Crippen LogP contribution in [-0.2, 0) is 13.0 Å². The molecule has 104 valence electrons. The van der Waals surface area contributed by atoms with Crippen LogP contribution < -0.4 is 5.73 Å². The summed E-state index contributed by atoms with van der Waals surface area (Å²) >= 11 is 1.85. The fourth-order valence-electron chi connectivity index (χ4n) is 2.36. The Morgan fingerprint density at radius 1 is 1.37 bits per heavy atom. The summed E-state index contributed by atoms with van der Waals surface area (Å²) in [4.78, 5) is 4.76. The molecular formula is C15H23N3S. The molecule has 0 saturated heterocycles. The molecule has 0 aliphatic rings. The van der Waals surface area contributed by atoms with Gasteiger partial charge < -0.3 is 10.3 Å². The van der Waals surface area contributed by atoms with Crippen LogP contribution in [0.15, 0.2) is 24.3 Å². The van der Waals surface area contributed by atoms with E-state index in [0.29, 0.717) is 0 Å². The molecule has 0 radical (unpaired) electrons. The molecular weight excluding hydrogens is 254 g/mol. The predicted molar refractivity (Wildman–Crippen MR) is 84.7 cm³/mol. The monoisotopic (exact) mass is 277 g/mol.